The lowest BCUT2D eigenvalue weighted by atomic mass is 10.2. The van der Waals surface area contributed by atoms with Gasteiger partial charge in [0.15, 0.2) is 11.5 Å². The first-order chi connectivity index (χ1) is 9.12. The summed E-state index contributed by atoms with van der Waals surface area (Å²) in [6.07, 6.45) is 0. The predicted octanol–water partition coefficient (Wildman–Crippen LogP) is 2.39. The number of ether oxygens (including phenoxy) is 2. The molecule has 0 bridgehead atoms. The molecule has 1 N–H and O–H groups in total. The van der Waals surface area contributed by atoms with Crippen molar-refractivity contribution in [2.75, 3.05) is 7.11 Å². The van der Waals surface area contributed by atoms with Crippen molar-refractivity contribution >= 4 is 0 Å². The minimum Gasteiger partial charge on any atom is -0.493 e. The van der Waals surface area contributed by atoms with Gasteiger partial charge in [0.1, 0.15) is 5.82 Å². The van der Waals surface area contributed by atoms with Gasteiger partial charge in [0.25, 0.3) is 0 Å². The molecule has 19 heavy (non-hydrogen) atoms. The fourth-order valence-electron chi connectivity index (χ4n) is 1.74. The van der Waals surface area contributed by atoms with Gasteiger partial charge in [0, 0.05) is 11.8 Å². The Hall–Kier alpha value is -2.14. The van der Waals surface area contributed by atoms with Crippen LogP contribution in [0.5, 0.6) is 17.4 Å². The van der Waals surface area contributed by atoms with Crippen LogP contribution in [0, 0.1) is 13.8 Å². The van der Waals surface area contributed by atoms with Gasteiger partial charge in [0.05, 0.1) is 13.7 Å². The van der Waals surface area contributed by atoms with Crippen LogP contribution in [0.25, 0.3) is 0 Å². The third-order valence-electron chi connectivity index (χ3n) is 2.57. The number of aliphatic hydroxyl groups excluding tert-OH is 1. The minimum absolute atomic E-state index is 0.0393. The number of hydrogen-bond acceptors (Lipinski definition) is 5. The molecule has 0 radical (unpaired) electrons. The van der Waals surface area contributed by atoms with Crippen LogP contribution in [-0.2, 0) is 6.61 Å². The molecule has 1 heterocycles. The van der Waals surface area contributed by atoms with Crippen LogP contribution in [0.1, 0.15) is 17.1 Å². The summed E-state index contributed by atoms with van der Waals surface area (Å²) in [6.45, 7) is 3.65. The largest absolute Gasteiger partial charge is 0.493 e. The van der Waals surface area contributed by atoms with Gasteiger partial charge < -0.3 is 14.6 Å². The van der Waals surface area contributed by atoms with E-state index in [-0.39, 0.29) is 6.61 Å². The molecule has 0 aliphatic carbocycles. The first-order valence-electron chi connectivity index (χ1n) is 5.90. The lowest BCUT2D eigenvalue weighted by molar-refractivity contribution is 0.280. The number of nitrogens with zero attached hydrogens (tertiary/aromatic N) is 2. The van der Waals surface area contributed by atoms with Crippen molar-refractivity contribution in [3.8, 4) is 17.4 Å². The van der Waals surface area contributed by atoms with Gasteiger partial charge in [-0.1, -0.05) is 6.07 Å². The molecule has 0 saturated heterocycles. The van der Waals surface area contributed by atoms with Gasteiger partial charge in [-0.25, -0.2) is 4.98 Å². The Morgan fingerprint density at radius 2 is 1.89 bits per heavy atom. The number of rotatable bonds is 4. The zero-order valence-electron chi connectivity index (χ0n) is 11.2. The molecule has 0 saturated carbocycles. The van der Waals surface area contributed by atoms with Crippen LogP contribution in [0.4, 0.5) is 0 Å². The maximum atomic E-state index is 9.09. The van der Waals surface area contributed by atoms with E-state index in [0.29, 0.717) is 23.2 Å². The summed E-state index contributed by atoms with van der Waals surface area (Å²) < 4.78 is 10.9. The van der Waals surface area contributed by atoms with Gasteiger partial charge in [-0.05, 0) is 31.5 Å². The normalized spacial score (nSPS) is 10.3. The molecule has 0 fully saturated rings. The van der Waals surface area contributed by atoms with Crippen molar-refractivity contribution < 1.29 is 14.6 Å². The van der Waals surface area contributed by atoms with Crippen molar-refractivity contribution in [3.63, 3.8) is 0 Å². The lowest BCUT2D eigenvalue weighted by Crippen LogP contribution is -1.97. The second-order valence-electron chi connectivity index (χ2n) is 4.14. The number of methoxy groups -OCH3 is 1. The first kappa shape index (κ1) is 13.3. The molecule has 0 unspecified atom stereocenters. The summed E-state index contributed by atoms with van der Waals surface area (Å²) in [5.41, 5.74) is 1.60. The number of benzene rings is 1. The molecule has 1 aromatic carbocycles. The third kappa shape index (κ3) is 3.20. The van der Waals surface area contributed by atoms with Crippen LogP contribution in [0.3, 0.4) is 0 Å². The van der Waals surface area contributed by atoms with Crippen molar-refractivity contribution in [3.05, 3.63) is 41.3 Å². The second-order valence-corrected chi connectivity index (χ2v) is 4.14. The third-order valence-corrected chi connectivity index (χ3v) is 2.57. The standard InChI is InChI=1S/C14H16N2O3/c1-9-6-14(16-10(2)15-9)19-12-5-4-11(8-17)7-13(12)18-3/h4-7,17H,8H2,1-3H3. The summed E-state index contributed by atoms with van der Waals surface area (Å²) >= 11 is 0. The predicted molar refractivity (Wildman–Crippen MR) is 70.5 cm³/mol. The molecular weight excluding hydrogens is 244 g/mol. The van der Waals surface area contributed by atoms with Crippen molar-refractivity contribution in [1.29, 1.82) is 0 Å². The summed E-state index contributed by atoms with van der Waals surface area (Å²) in [5, 5.41) is 9.09. The molecule has 1 aromatic heterocycles. The van der Waals surface area contributed by atoms with Gasteiger partial charge in [-0.15, -0.1) is 0 Å². The van der Waals surface area contributed by atoms with E-state index in [1.807, 2.05) is 13.8 Å². The fourth-order valence-corrected chi connectivity index (χ4v) is 1.74. The number of hydrogen-bond donors (Lipinski definition) is 1. The zero-order chi connectivity index (χ0) is 13.8. The molecule has 0 spiro atoms. The quantitative estimate of drug-likeness (QED) is 0.914. The molecular formula is C14H16N2O3. The van der Waals surface area contributed by atoms with E-state index in [1.54, 1.807) is 31.4 Å². The van der Waals surface area contributed by atoms with E-state index in [9.17, 15) is 0 Å². The van der Waals surface area contributed by atoms with E-state index < -0.39 is 0 Å². The van der Waals surface area contributed by atoms with E-state index >= 15 is 0 Å². The maximum Gasteiger partial charge on any atom is 0.222 e. The van der Waals surface area contributed by atoms with Crippen LogP contribution < -0.4 is 9.47 Å². The number of aliphatic hydroxyl groups is 1. The highest BCUT2D eigenvalue weighted by Crippen LogP contribution is 2.31. The average Bonchev–Trinajstić information content (AvgIpc) is 2.38. The van der Waals surface area contributed by atoms with E-state index in [2.05, 4.69) is 9.97 Å². The SMILES string of the molecule is COc1cc(CO)ccc1Oc1cc(C)nc(C)n1. The second kappa shape index (κ2) is 5.67. The Morgan fingerprint density at radius 1 is 1.11 bits per heavy atom. The maximum absolute atomic E-state index is 9.09. The van der Waals surface area contributed by atoms with Gasteiger partial charge in [-0.2, -0.15) is 4.98 Å². The summed E-state index contributed by atoms with van der Waals surface area (Å²) in [6, 6.07) is 7.01. The molecule has 0 amide bonds. The Morgan fingerprint density at radius 3 is 2.53 bits per heavy atom. The molecule has 5 nitrogen and oxygen atoms in total. The summed E-state index contributed by atoms with van der Waals surface area (Å²) in [5.74, 6) is 2.23. The topological polar surface area (TPSA) is 64.5 Å². The fraction of sp³-hybridized carbons (Fsp3) is 0.286. The van der Waals surface area contributed by atoms with E-state index in [1.165, 1.54) is 0 Å². The first-order valence-corrected chi connectivity index (χ1v) is 5.90. The van der Waals surface area contributed by atoms with Crippen LogP contribution >= 0.6 is 0 Å². The van der Waals surface area contributed by atoms with E-state index in [4.69, 9.17) is 14.6 Å². The Kier molecular flexibility index (Phi) is 3.97. The van der Waals surface area contributed by atoms with Crippen molar-refractivity contribution in [1.82, 2.24) is 9.97 Å². The van der Waals surface area contributed by atoms with Crippen molar-refractivity contribution in [2.45, 2.75) is 20.5 Å². The summed E-state index contributed by atoms with van der Waals surface area (Å²) in [7, 11) is 1.56. The van der Waals surface area contributed by atoms with Crippen LogP contribution in [0.15, 0.2) is 24.3 Å². The molecule has 0 atom stereocenters. The highest BCUT2D eigenvalue weighted by atomic mass is 16.5. The number of aryl methyl sites for hydroxylation is 2. The minimum atomic E-state index is -0.0393. The number of aromatic nitrogens is 2. The van der Waals surface area contributed by atoms with Crippen molar-refractivity contribution in [2.24, 2.45) is 0 Å². The molecule has 100 valence electrons. The van der Waals surface area contributed by atoms with Gasteiger partial charge in [-0.3, -0.25) is 0 Å². The lowest BCUT2D eigenvalue weighted by Gasteiger charge is -2.11. The smallest absolute Gasteiger partial charge is 0.222 e. The Balaban J connectivity index is 2.32. The van der Waals surface area contributed by atoms with Crippen LogP contribution in [0.2, 0.25) is 0 Å². The van der Waals surface area contributed by atoms with Gasteiger partial charge >= 0.3 is 0 Å². The monoisotopic (exact) mass is 260 g/mol. The highest BCUT2D eigenvalue weighted by molar-refractivity contribution is 5.44. The summed E-state index contributed by atoms with van der Waals surface area (Å²) in [4.78, 5) is 8.40. The Labute approximate surface area is 111 Å². The van der Waals surface area contributed by atoms with E-state index in [0.717, 1.165) is 11.3 Å². The molecule has 0 aliphatic heterocycles. The molecule has 2 aromatic rings. The van der Waals surface area contributed by atoms with Crippen LogP contribution in [-0.4, -0.2) is 22.2 Å². The highest BCUT2D eigenvalue weighted by Gasteiger charge is 2.08. The average molecular weight is 260 g/mol. The zero-order valence-corrected chi connectivity index (χ0v) is 11.2. The molecule has 5 heteroatoms. The molecule has 0 aliphatic rings. The Bertz CT molecular complexity index is 565. The molecule has 2 rings (SSSR count). The van der Waals surface area contributed by atoms with Gasteiger partial charge in [0.2, 0.25) is 5.88 Å².